The van der Waals surface area contributed by atoms with E-state index in [1.165, 1.54) is 6.08 Å². The third-order valence-corrected chi connectivity index (χ3v) is 3.99. The number of carbonyl (C=O) groups is 1. The molecule has 1 aromatic carbocycles. The lowest BCUT2D eigenvalue weighted by Crippen LogP contribution is -2.36. The van der Waals surface area contributed by atoms with Crippen molar-refractivity contribution in [3.05, 3.63) is 42.0 Å². The molecule has 0 aliphatic carbocycles. The maximum absolute atomic E-state index is 12.2. The van der Waals surface area contributed by atoms with Gasteiger partial charge in [-0.1, -0.05) is 33.4 Å². The van der Waals surface area contributed by atoms with E-state index in [0.29, 0.717) is 26.3 Å². The number of hydrogen-bond donors (Lipinski definition) is 0. The molecule has 1 saturated heterocycles. The molecule has 2 rings (SSSR count). The molecule has 0 radical (unpaired) electrons. The number of rotatable bonds is 6. The van der Waals surface area contributed by atoms with Gasteiger partial charge in [0.25, 0.3) is 0 Å². The van der Waals surface area contributed by atoms with Crippen LogP contribution in [0.15, 0.2) is 30.9 Å². The normalized spacial score (nSPS) is 15.3. The highest BCUT2D eigenvalue weighted by molar-refractivity contribution is 5.87. The molecule has 0 atom stereocenters. The van der Waals surface area contributed by atoms with E-state index in [1.54, 1.807) is 12.0 Å². The van der Waals surface area contributed by atoms with Crippen molar-refractivity contribution in [3.8, 4) is 5.75 Å². The number of amides is 1. The summed E-state index contributed by atoms with van der Waals surface area (Å²) in [5.74, 6) is 0.720. The molecular formula is C19H27NO4. The van der Waals surface area contributed by atoms with Crippen molar-refractivity contribution in [2.75, 3.05) is 26.9 Å². The Balaban J connectivity index is 2.21. The Morgan fingerprint density at radius 3 is 2.58 bits per heavy atom. The molecular weight excluding hydrogens is 306 g/mol. The second-order valence-corrected chi connectivity index (χ2v) is 6.88. The van der Waals surface area contributed by atoms with Crippen LogP contribution in [0.5, 0.6) is 5.75 Å². The van der Waals surface area contributed by atoms with Gasteiger partial charge in [-0.25, -0.2) is 0 Å². The van der Waals surface area contributed by atoms with E-state index >= 15 is 0 Å². The van der Waals surface area contributed by atoms with Crippen molar-refractivity contribution in [1.29, 1.82) is 0 Å². The maximum Gasteiger partial charge on any atom is 0.246 e. The smallest absolute Gasteiger partial charge is 0.246 e. The van der Waals surface area contributed by atoms with Crippen molar-refractivity contribution >= 4 is 5.91 Å². The van der Waals surface area contributed by atoms with Crippen molar-refractivity contribution in [2.45, 2.75) is 39.0 Å². The summed E-state index contributed by atoms with van der Waals surface area (Å²) in [5.41, 5.74) is 2.10. The van der Waals surface area contributed by atoms with Crippen LogP contribution in [-0.4, -0.2) is 44.0 Å². The third kappa shape index (κ3) is 4.58. The summed E-state index contributed by atoms with van der Waals surface area (Å²) >= 11 is 0. The fraction of sp³-hybridized carbons (Fsp3) is 0.526. The van der Waals surface area contributed by atoms with Crippen LogP contribution in [-0.2, 0) is 26.2 Å². The summed E-state index contributed by atoms with van der Waals surface area (Å²) in [7, 11) is 1.67. The standard InChI is InChI=1S/C19H27NO4/c1-6-17(21)20(13-18-23-9-10-24-18)12-14-7-8-16(22-5)15(11-14)19(2,3)4/h6-8,11,18H,1,9-10,12-13H2,2-5H3. The number of benzene rings is 1. The van der Waals surface area contributed by atoms with Crippen molar-refractivity contribution < 1.29 is 19.0 Å². The van der Waals surface area contributed by atoms with E-state index in [0.717, 1.165) is 16.9 Å². The molecule has 1 amide bonds. The summed E-state index contributed by atoms with van der Waals surface area (Å²) in [6.07, 6.45) is 0.956. The van der Waals surface area contributed by atoms with Crippen molar-refractivity contribution in [2.24, 2.45) is 0 Å². The SMILES string of the molecule is C=CC(=O)N(Cc1ccc(OC)c(C(C)(C)C)c1)CC1OCCO1. The molecule has 0 saturated carbocycles. The van der Waals surface area contributed by atoms with Crippen LogP contribution in [0.4, 0.5) is 0 Å². The monoisotopic (exact) mass is 333 g/mol. The molecule has 5 nitrogen and oxygen atoms in total. The first kappa shape index (κ1) is 18.5. The highest BCUT2D eigenvalue weighted by Crippen LogP contribution is 2.32. The minimum absolute atomic E-state index is 0.0493. The van der Waals surface area contributed by atoms with Gasteiger partial charge in [0, 0.05) is 6.54 Å². The van der Waals surface area contributed by atoms with Gasteiger partial charge < -0.3 is 19.1 Å². The van der Waals surface area contributed by atoms with Crippen LogP contribution in [0.3, 0.4) is 0 Å². The first-order chi connectivity index (χ1) is 11.3. The van der Waals surface area contributed by atoms with Gasteiger partial charge >= 0.3 is 0 Å². The average Bonchev–Trinajstić information content (AvgIpc) is 3.05. The molecule has 0 spiro atoms. The maximum atomic E-state index is 12.2. The van der Waals surface area contributed by atoms with Crippen LogP contribution >= 0.6 is 0 Å². The Hall–Kier alpha value is -1.85. The van der Waals surface area contributed by atoms with Crippen LogP contribution in [0.1, 0.15) is 31.9 Å². The van der Waals surface area contributed by atoms with Gasteiger partial charge in [0.1, 0.15) is 5.75 Å². The molecule has 1 aliphatic heterocycles. The molecule has 1 aliphatic rings. The highest BCUT2D eigenvalue weighted by atomic mass is 16.7. The third-order valence-electron chi connectivity index (χ3n) is 3.99. The second kappa shape index (κ2) is 7.81. The lowest BCUT2D eigenvalue weighted by Gasteiger charge is -2.26. The number of ether oxygens (including phenoxy) is 3. The summed E-state index contributed by atoms with van der Waals surface area (Å²) in [4.78, 5) is 13.9. The van der Waals surface area contributed by atoms with E-state index in [1.807, 2.05) is 12.1 Å². The molecule has 5 heteroatoms. The minimum Gasteiger partial charge on any atom is -0.496 e. The first-order valence-electron chi connectivity index (χ1n) is 8.17. The van der Waals surface area contributed by atoms with Crippen molar-refractivity contribution in [1.82, 2.24) is 4.90 Å². The molecule has 0 bridgehead atoms. The van der Waals surface area contributed by atoms with Gasteiger partial charge in [0.15, 0.2) is 6.29 Å². The van der Waals surface area contributed by atoms with E-state index in [2.05, 4.69) is 33.4 Å². The van der Waals surface area contributed by atoms with Gasteiger partial charge in [-0.15, -0.1) is 0 Å². The molecule has 1 heterocycles. The lowest BCUT2D eigenvalue weighted by molar-refractivity contribution is -0.133. The zero-order chi connectivity index (χ0) is 17.7. The van der Waals surface area contributed by atoms with Crippen LogP contribution in [0.25, 0.3) is 0 Å². The second-order valence-electron chi connectivity index (χ2n) is 6.88. The quantitative estimate of drug-likeness (QED) is 0.751. The van der Waals surface area contributed by atoms with Gasteiger partial charge in [-0.05, 0) is 34.8 Å². The average molecular weight is 333 g/mol. The summed E-state index contributed by atoms with van der Waals surface area (Å²) in [6.45, 7) is 12.0. The fourth-order valence-electron chi connectivity index (χ4n) is 2.71. The topological polar surface area (TPSA) is 48.0 Å². The zero-order valence-electron chi connectivity index (χ0n) is 15.0. The van der Waals surface area contributed by atoms with E-state index < -0.39 is 0 Å². The Morgan fingerprint density at radius 1 is 1.38 bits per heavy atom. The van der Waals surface area contributed by atoms with E-state index in [4.69, 9.17) is 14.2 Å². The molecule has 132 valence electrons. The summed E-state index contributed by atoms with van der Waals surface area (Å²) in [6, 6.07) is 6.03. The van der Waals surface area contributed by atoms with Gasteiger partial charge in [-0.3, -0.25) is 4.79 Å². The number of nitrogens with zero attached hydrogens (tertiary/aromatic N) is 1. The minimum atomic E-state index is -0.366. The molecule has 0 aromatic heterocycles. The fourth-order valence-corrected chi connectivity index (χ4v) is 2.71. The Kier molecular flexibility index (Phi) is 6.02. The highest BCUT2D eigenvalue weighted by Gasteiger charge is 2.24. The van der Waals surface area contributed by atoms with E-state index in [9.17, 15) is 4.79 Å². The number of carbonyl (C=O) groups excluding carboxylic acids is 1. The van der Waals surface area contributed by atoms with Gasteiger partial charge in [-0.2, -0.15) is 0 Å². The van der Waals surface area contributed by atoms with Crippen LogP contribution < -0.4 is 4.74 Å². The Morgan fingerprint density at radius 2 is 2.04 bits per heavy atom. The molecule has 1 aromatic rings. The summed E-state index contributed by atoms with van der Waals surface area (Å²) < 4.78 is 16.4. The van der Waals surface area contributed by atoms with Crippen LogP contribution in [0.2, 0.25) is 0 Å². The summed E-state index contributed by atoms with van der Waals surface area (Å²) in [5, 5.41) is 0. The van der Waals surface area contributed by atoms with E-state index in [-0.39, 0.29) is 17.6 Å². The predicted octanol–water partition coefficient (Wildman–Crippen LogP) is 2.88. The van der Waals surface area contributed by atoms with Crippen LogP contribution in [0, 0.1) is 0 Å². The van der Waals surface area contributed by atoms with Gasteiger partial charge in [0.2, 0.25) is 5.91 Å². The van der Waals surface area contributed by atoms with Crippen molar-refractivity contribution in [3.63, 3.8) is 0 Å². The number of methoxy groups -OCH3 is 1. The van der Waals surface area contributed by atoms with Gasteiger partial charge in [0.05, 0.1) is 26.9 Å². The first-order valence-corrected chi connectivity index (χ1v) is 8.17. The zero-order valence-corrected chi connectivity index (χ0v) is 15.0. The number of hydrogen-bond acceptors (Lipinski definition) is 4. The largest absolute Gasteiger partial charge is 0.496 e. The molecule has 1 fully saturated rings. The predicted molar refractivity (Wildman–Crippen MR) is 93.0 cm³/mol. The molecule has 24 heavy (non-hydrogen) atoms. The Labute approximate surface area is 144 Å². The Bertz CT molecular complexity index is 586. The molecule has 0 unspecified atom stereocenters. The molecule has 0 N–H and O–H groups in total. The lowest BCUT2D eigenvalue weighted by atomic mass is 9.85.